The van der Waals surface area contributed by atoms with Gasteiger partial charge in [0.15, 0.2) is 11.5 Å². The van der Waals surface area contributed by atoms with Crippen molar-refractivity contribution in [3.05, 3.63) is 54.1 Å². The molecule has 7 heteroatoms. The van der Waals surface area contributed by atoms with Crippen LogP contribution in [0.25, 0.3) is 0 Å². The zero-order valence-corrected chi connectivity index (χ0v) is 14.9. The lowest BCUT2D eigenvalue weighted by Gasteiger charge is -2.14. The Kier molecular flexibility index (Phi) is 7.57. The molecular formula is C19H24N2O5. The number of hydrogen-bond donors (Lipinski definition) is 3. The molecule has 2 rings (SSSR count). The number of aliphatic hydroxyl groups excluding tert-OH is 1. The Morgan fingerprint density at radius 2 is 1.69 bits per heavy atom. The van der Waals surface area contributed by atoms with Crippen molar-refractivity contribution >= 4 is 6.03 Å². The van der Waals surface area contributed by atoms with E-state index < -0.39 is 6.10 Å². The van der Waals surface area contributed by atoms with Gasteiger partial charge in [0.2, 0.25) is 0 Å². The molecule has 0 bridgehead atoms. The van der Waals surface area contributed by atoms with Gasteiger partial charge in [-0.15, -0.1) is 0 Å². The van der Waals surface area contributed by atoms with E-state index >= 15 is 0 Å². The number of nitrogens with one attached hydrogen (secondary N) is 2. The lowest BCUT2D eigenvalue weighted by Crippen LogP contribution is -2.39. The van der Waals surface area contributed by atoms with E-state index in [0.717, 1.165) is 0 Å². The third kappa shape index (κ3) is 5.86. The first-order valence-electron chi connectivity index (χ1n) is 8.23. The number of benzene rings is 2. The molecule has 0 spiro atoms. The van der Waals surface area contributed by atoms with E-state index in [2.05, 4.69) is 10.6 Å². The molecule has 7 nitrogen and oxygen atoms in total. The van der Waals surface area contributed by atoms with E-state index in [1.807, 2.05) is 12.1 Å². The number of amides is 2. The highest BCUT2D eigenvalue weighted by molar-refractivity contribution is 5.73. The number of urea groups is 1. The van der Waals surface area contributed by atoms with Crippen LogP contribution in [0.2, 0.25) is 0 Å². The molecule has 3 N–H and O–H groups in total. The van der Waals surface area contributed by atoms with Crippen LogP contribution in [0, 0.1) is 0 Å². The van der Waals surface area contributed by atoms with Crippen molar-refractivity contribution < 1.29 is 24.1 Å². The fourth-order valence-corrected chi connectivity index (χ4v) is 2.26. The summed E-state index contributed by atoms with van der Waals surface area (Å²) in [6, 6.07) is 13.9. The maximum absolute atomic E-state index is 11.8. The van der Waals surface area contributed by atoms with Gasteiger partial charge in [-0.1, -0.05) is 24.3 Å². The van der Waals surface area contributed by atoms with Crippen LogP contribution in [-0.2, 0) is 0 Å². The van der Waals surface area contributed by atoms with Gasteiger partial charge in [-0.25, -0.2) is 4.79 Å². The fraction of sp³-hybridized carbons (Fsp3) is 0.316. The maximum Gasteiger partial charge on any atom is 0.315 e. The normalized spacial score (nSPS) is 11.3. The van der Waals surface area contributed by atoms with E-state index in [1.54, 1.807) is 50.6 Å². The second-order valence-electron chi connectivity index (χ2n) is 5.43. The topological polar surface area (TPSA) is 89.1 Å². The van der Waals surface area contributed by atoms with Gasteiger partial charge in [0.25, 0.3) is 0 Å². The Morgan fingerprint density at radius 1 is 1.00 bits per heavy atom. The van der Waals surface area contributed by atoms with Crippen molar-refractivity contribution in [3.8, 4) is 17.2 Å². The SMILES string of the molecule is COc1ccc(C(O)CNC(=O)NCCOc2ccccc2OC)cc1. The summed E-state index contributed by atoms with van der Waals surface area (Å²) in [5.74, 6) is 1.97. The molecular weight excluding hydrogens is 336 g/mol. The van der Waals surface area contributed by atoms with Crippen LogP contribution in [0.1, 0.15) is 11.7 Å². The Bertz CT molecular complexity index is 691. The molecule has 0 aromatic heterocycles. The van der Waals surface area contributed by atoms with Gasteiger partial charge in [-0.05, 0) is 29.8 Å². The van der Waals surface area contributed by atoms with Crippen LogP contribution in [-0.4, -0.2) is 45.1 Å². The van der Waals surface area contributed by atoms with Gasteiger partial charge < -0.3 is 30.0 Å². The van der Waals surface area contributed by atoms with Crippen LogP contribution in [0.3, 0.4) is 0 Å². The molecule has 0 heterocycles. The van der Waals surface area contributed by atoms with Crippen molar-refractivity contribution in [2.75, 3.05) is 33.9 Å². The number of methoxy groups -OCH3 is 2. The quantitative estimate of drug-likeness (QED) is 0.596. The van der Waals surface area contributed by atoms with Crippen molar-refractivity contribution in [2.24, 2.45) is 0 Å². The second-order valence-corrected chi connectivity index (χ2v) is 5.43. The molecule has 1 atom stereocenters. The molecule has 0 saturated carbocycles. The zero-order valence-electron chi connectivity index (χ0n) is 14.9. The standard InChI is InChI=1S/C19H24N2O5/c1-24-15-9-7-14(8-10-15)16(22)13-21-19(23)20-11-12-26-18-6-4-3-5-17(18)25-2/h3-10,16,22H,11-13H2,1-2H3,(H2,20,21,23). The van der Waals surface area contributed by atoms with Gasteiger partial charge in [0.05, 0.1) is 26.9 Å². The minimum Gasteiger partial charge on any atom is -0.497 e. The lowest BCUT2D eigenvalue weighted by molar-refractivity contribution is 0.172. The Labute approximate surface area is 152 Å². The molecule has 2 amide bonds. The first kappa shape index (κ1) is 19.4. The van der Waals surface area contributed by atoms with Crippen LogP contribution in [0.5, 0.6) is 17.2 Å². The first-order chi connectivity index (χ1) is 12.6. The molecule has 1 unspecified atom stereocenters. The van der Waals surface area contributed by atoms with Crippen LogP contribution in [0.15, 0.2) is 48.5 Å². The number of hydrogen-bond acceptors (Lipinski definition) is 5. The van der Waals surface area contributed by atoms with E-state index in [9.17, 15) is 9.90 Å². The van der Waals surface area contributed by atoms with Crippen LogP contribution in [0.4, 0.5) is 4.79 Å². The second kappa shape index (κ2) is 10.1. The van der Waals surface area contributed by atoms with Gasteiger partial charge in [-0.3, -0.25) is 0 Å². The molecule has 26 heavy (non-hydrogen) atoms. The zero-order chi connectivity index (χ0) is 18.8. The number of ether oxygens (including phenoxy) is 3. The van der Waals surface area contributed by atoms with E-state index in [-0.39, 0.29) is 12.6 Å². The lowest BCUT2D eigenvalue weighted by atomic mass is 10.1. The van der Waals surface area contributed by atoms with Crippen molar-refractivity contribution in [3.63, 3.8) is 0 Å². The molecule has 0 aliphatic rings. The first-order valence-corrected chi connectivity index (χ1v) is 8.23. The Hall–Kier alpha value is -2.93. The van der Waals surface area contributed by atoms with E-state index in [0.29, 0.717) is 36.0 Å². The highest BCUT2D eigenvalue weighted by Crippen LogP contribution is 2.25. The molecule has 140 valence electrons. The summed E-state index contributed by atoms with van der Waals surface area (Å²) in [7, 11) is 3.15. The Morgan fingerprint density at radius 3 is 2.35 bits per heavy atom. The summed E-state index contributed by atoms with van der Waals surface area (Å²) < 4.78 is 15.8. The number of rotatable bonds is 9. The number of aliphatic hydroxyl groups is 1. The summed E-state index contributed by atoms with van der Waals surface area (Å²) in [5.41, 5.74) is 0.700. The summed E-state index contributed by atoms with van der Waals surface area (Å²) in [6.07, 6.45) is -0.795. The highest BCUT2D eigenvalue weighted by atomic mass is 16.5. The largest absolute Gasteiger partial charge is 0.497 e. The molecule has 0 radical (unpaired) electrons. The molecule has 0 aliphatic carbocycles. The predicted octanol–water partition coefficient (Wildman–Crippen LogP) is 2.12. The van der Waals surface area contributed by atoms with Crippen molar-refractivity contribution in [1.82, 2.24) is 10.6 Å². The molecule has 0 aliphatic heterocycles. The van der Waals surface area contributed by atoms with Gasteiger partial charge >= 0.3 is 6.03 Å². The van der Waals surface area contributed by atoms with Crippen molar-refractivity contribution in [1.29, 1.82) is 0 Å². The van der Waals surface area contributed by atoms with Gasteiger partial charge in [0.1, 0.15) is 12.4 Å². The molecule has 0 fully saturated rings. The van der Waals surface area contributed by atoms with Crippen LogP contribution >= 0.6 is 0 Å². The summed E-state index contributed by atoms with van der Waals surface area (Å²) >= 11 is 0. The number of carbonyl (C=O) groups excluding carboxylic acids is 1. The predicted molar refractivity (Wildman–Crippen MR) is 97.8 cm³/mol. The summed E-state index contributed by atoms with van der Waals surface area (Å²) in [6.45, 7) is 0.725. The van der Waals surface area contributed by atoms with Crippen LogP contribution < -0.4 is 24.8 Å². The minimum atomic E-state index is -0.795. The average Bonchev–Trinajstić information content (AvgIpc) is 2.69. The number of para-hydroxylation sites is 2. The average molecular weight is 360 g/mol. The smallest absolute Gasteiger partial charge is 0.315 e. The third-order valence-electron chi connectivity index (χ3n) is 3.67. The van der Waals surface area contributed by atoms with E-state index in [4.69, 9.17) is 14.2 Å². The molecule has 2 aromatic rings. The summed E-state index contributed by atoms with van der Waals surface area (Å²) in [5, 5.41) is 15.4. The highest BCUT2D eigenvalue weighted by Gasteiger charge is 2.09. The molecule has 2 aromatic carbocycles. The fourth-order valence-electron chi connectivity index (χ4n) is 2.26. The maximum atomic E-state index is 11.8. The van der Waals surface area contributed by atoms with Crippen molar-refractivity contribution in [2.45, 2.75) is 6.10 Å². The Balaban J connectivity index is 1.66. The van der Waals surface area contributed by atoms with Gasteiger partial charge in [0, 0.05) is 6.54 Å². The van der Waals surface area contributed by atoms with Gasteiger partial charge in [-0.2, -0.15) is 0 Å². The summed E-state index contributed by atoms with van der Waals surface area (Å²) in [4.78, 5) is 11.8. The minimum absolute atomic E-state index is 0.103. The monoisotopic (exact) mass is 360 g/mol. The van der Waals surface area contributed by atoms with E-state index in [1.165, 1.54) is 0 Å². The molecule has 0 saturated heterocycles. The third-order valence-corrected chi connectivity index (χ3v) is 3.67. The number of carbonyl (C=O) groups is 1.